The maximum Gasteiger partial charge on any atom is 0.410 e. The van der Waals surface area contributed by atoms with Crippen LogP contribution in [0.3, 0.4) is 0 Å². The van der Waals surface area contributed by atoms with Crippen LogP contribution in [0, 0.1) is 11.3 Å². The molecule has 4 rings (SSSR count). The Bertz CT molecular complexity index is 946. The molecule has 2 aliphatic rings. The van der Waals surface area contributed by atoms with Gasteiger partial charge in [0.25, 0.3) is 0 Å². The first kappa shape index (κ1) is 18.1. The zero-order chi connectivity index (χ0) is 19.5. The van der Waals surface area contributed by atoms with Crippen molar-refractivity contribution >= 4 is 11.7 Å². The fourth-order valence-electron chi connectivity index (χ4n) is 4.11. The number of fused-ring (bicyclic) bond motifs is 2. The Labute approximate surface area is 164 Å². The molecule has 5 nitrogen and oxygen atoms in total. The number of nitrogens with zero attached hydrogens (tertiary/aromatic N) is 2. The largest absolute Gasteiger partial charge is 0.495 e. The molecule has 1 amide bonds. The maximum absolute atomic E-state index is 12.7. The van der Waals surface area contributed by atoms with E-state index >= 15 is 0 Å². The van der Waals surface area contributed by atoms with Crippen LogP contribution >= 0.6 is 0 Å². The molecule has 0 radical (unpaired) electrons. The summed E-state index contributed by atoms with van der Waals surface area (Å²) in [5.41, 5.74) is 3.75. The molecule has 2 aromatic rings. The van der Waals surface area contributed by atoms with Gasteiger partial charge < -0.3 is 9.47 Å². The van der Waals surface area contributed by atoms with E-state index in [-0.39, 0.29) is 18.2 Å². The highest BCUT2D eigenvalue weighted by Crippen LogP contribution is 2.39. The Balaban J connectivity index is 1.49. The monoisotopic (exact) mass is 374 g/mol. The number of amides is 1. The van der Waals surface area contributed by atoms with Gasteiger partial charge in [0.2, 0.25) is 0 Å². The quantitative estimate of drug-likeness (QED) is 0.789. The van der Waals surface area contributed by atoms with E-state index < -0.39 is 0 Å². The summed E-state index contributed by atoms with van der Waals surface area (Å²) >= 11 is 0. The smallest absolute Gasteiger partial charge is 0.410 e. The van der Waals surface area contributed by atoms with E-state index in [1.54, 1.807) is 13.2 Å². The number of hydrogen-bond acceptors (Lipinski definition) is 4. The third-order valence-corrected chi connectivity index (χ3v) is 5.50. The van der Waals surface area contributed by atoms with Gasteiger partial charge in [-0.05, 0) is 48.1 Å². The topological polar surface area (TPSA) is 62.6 Å². The maximum atomic E-state index is 12.7. The second-order valence-corrected chi connectivity index (χ2v) is 7.17. The lowest BCUT2D eigenvalue weighted by Crippen LogP contribution is -2.43. The van der Waals surface area contributed by atoms with Gasteiger partial charge in [-0.2, -0.15) is 5.26 Å². The summed E-state index contributed by atoms with van der Waals surface area (Å²) in [5, 5.41) is 9.17. The molecule has 2 unspecified atom stereocenters. The second kappa shape index (κ2) is 7.77. The third kappa shape index (κ3) is 3.46. The molecule has 5 heteroatoms. The van der Waals surface area contributed by atoms with E-state index in [1.165, 1.54) is 5.57 Å². The van der Waals surface area contributed by atoms with Crippen molar-refractivity contribution < 1.29 is 14.3 Å². The number of nitriles is 1. The predicted molar refractivity (Wildman–Crippen MR) is 106 cm³/mol. The van der Waals surface area contributed by atoms with E-state index in [9.17, 15) is 10.1 Å². The summed E-state index contributed by atoms with van der Waals surface area (Å²) in [6.45, 7) is 0.291. The first-order valence-electron chi connectivity index (χ1n) is 9.48. The number of benzene rings is 2. The fourth-order valence-corrected chi connectivity index (χ4v) is 4.11. The predicted octanol–water partition coefficient (Wildman–Crippen LogP) is 4.52. The number of hydrogen-bond donors (Lipinski definition) is 0. The molecule has 0 aliphatic carbocycles. The standard InChI is InChI=1S/C23H22N2O3/c1-27-22-13-17(7-8-18(22)14-24)19-11-20-9-10-21(12-19)25(20)23(26)28-15-16-5-3-2-4-6-16/h2-8,11,13,20-21H,9-10,12,15H2,1H3. The Kier molecular flexibility index (Phi) is 5.03. The van der Waals surface area contributed by atoms with Crippen molar-refractivity contribution in [1.29, 1.82) is 5.26 Å². The summed E-state index contributed by atoms with van der Waals surface area (Å²) in [6, 6.07) is 17.7. The van der Waals surface area contributed by atoms with Gasteiger partial charge in [-0.3, -0.25) is 4.90 Å². The molecule has 0 aromatic heterocycles. The summed E-state index contributed by atoms with van der Waals surface area (Å²) < 4.78 is 10.9. The molecular formula is C23H22N2O3. The van der Waals surface area contributed by atoms with Crippen molar-refractivity contribution in [2.24, 2.45) is 0 Å². The van der Waals surface area contributed by atoms with Crippen molar-refractivity contribution in [1.82, 2.24) is 4.90 Å². The summed E-state index contributed by atoms with van der Waals surface area (Å²) in [7, 11) is 1.57. The number of ether oxygens (including phenoxy) is 2. The highest BCUT2D eigenvalue weighted by Gasteiger charge is 2.40. The van der Waals surface area contributed by atoms with Crippen LogP contribution in [0.1, 0.15) is 36.0 Å². The summed E-state index contributed by atoms with van der Waals surface area (Å²) in [5.74, 6) is 0.581. The zero-order valence-electron chi connectivity index (χ0n) is 15.8. The number of carbonyl (C=O) groups is 1. The van der Waals surface area contributed by atoms with Crippen molar-refractivity contribution in [3.63, 3.8) is 0 Å². The highest BCUT2D eigenvalue weighted by molar-refractivity contribution is 5.75. The molecule has 2 heterocycles. The van der Waals surface area contributed by atoms with E-state index in [4.69, 9.17) is 9.47 Å². The highest BCUT2D eigenvalue weighted by atomic mass is 16.6. The van der Waals surface area contributed by atoms with Gasteiger partial charge in [-0.15, -0.1) is 0 Å². The summed E-state index contributed by atoms with van der Waals surface area (Å²) in [6.07, 6.45) is 4.62. The minimum atomic E-state index is -0.246. The molecule has 1 saturated heterocycles. The SMILES string of the molecule is COc1cc(C2=CC3CCC(C2)N3C(=O)OCc2ccccc2)ccc1C#N. The number of methoxy groups -OCH3 is 1. The minimum absolute atomic E-state index is 0.0543. The van der Waals surface area contributed by atoms with Crippen molar-refractivity contribution in [2.45, 2.75) is 38.0 Å². The van der Waals surface area contributed by atoms with Crippen LogP contribution in [-0.4, -0.2) is 30.2 Å². The Morgan fingerprint density at radius 2 is 2.04 bits per heavy atom. The van der Waals surface area contributed by atoms with Crippen molar-refractivity contribution in [3.05, 3.63) is 71.3 Å². The minimum Gasteiger partial charge on any atom is -0.495 e. The van der Waals surface area contributed by atoms with E-state index in [0.717, 1.165) is 30.4 Å². The molecule has 1 fully saturated rings. The van der Waals surface area contributed by atoms with Crippen LogP contribution in [0.4, 0.5) is 4.79 Å². The van der Waals surface area contributed by atoms with Gasteiger partial charge >= 0.3 is 6.09 Å². The lowest BCUT2D eigenvalue weighted by molar-refractivity contribution is 0.0832. The first-order chi connectivity index (χ1) is 13.7. The van der Waals surface area contributed by atoms with E-state index in [1.807, 2.05) is 47.4 Å². The Morgan fingerprint density at radius 3 is 2.75 bits per heavy atom. The van der Waals surface area contributed by atoms with Crippen LogP contribution in [0.15, 0.2) is 54.6 Å². The number of rotatable bonds is 4. The molecule has 142 valence electrons. The number of carbonyl (C=O) groups excluding carboxylic acids is 1. The van der Waals surface area contributed by atoms with Gasteiger partial charge in [0, 0.05) is 6.04 Å². The van der Waals surface area contributed by atoms with Gasteiger partial charge in [-0.1, -0.05) is 42.5 Å². The molecule has 0 N–H and O–H groups in total. The van der Waals surface area contributed by atoms with Crippen LogP contribution in [0.5, 0.6) is 5.75 Å². The van der Waals surface area contributed by atoms with Crippen LogP contribution < -0.4 is 4.74 Å². The molecule has 2 bridgehead atoms. The van der Waals surface area contributed by atoms with Crippen molar-refractivity contribution in [2.75, 3.05) is 7.11 Å². The molecule has 28 heavy (non-hydrogen) atoms. The second-order valence-electron chi connectivity index (χ2n) is 7.17. The lowest BCUT2D eigenvalue weighted by Gasteiger charge is -2.33. The van der Waals surface area contributed by atoms with Crippen LogP contribution in [-0.2, 0) is 11.3 Å². The Morgan fingerprint density at radius 1 is 1.21 bits per heavy atom. The summed E-state index contributed by atoms with van der Waals surface area (Å²) in [4.78, 5) is 14.6. The fraction of sp³-hybridized carbons (Fsp3) is 0.304. The molecule has 0 spiro atoms. The van der Waals surface area contributed by atoms with E-state index in [2.05, 4.69) is 12.1 Å². The molecule has 0 saturated carbocycles. The normalized spacial score (nSPS) is 20.3. The lowest BCUT2D eigenvalue weighted by atomic mass is 9.94. The Hall–Kier alpha value is -3.26. The molecule has 2 aromatic carbocycles. The molecule has 2 atom stereocenters. The molecular weight excluding hydrogens is 352 g/mol. The van der Waals surface area contributed by atoms with Gasteiger partial charge in [0.05, 0.1) is 18.7 Å². The zero-order valence-corrected chi connectivity index (χ0v) is 15.8. The van der Waals surface area contributed by atoms with Gasteiger partial charge in [-0.25, -0.2) is 4.79 Å². The average molecular weight is 374 g/mol. The van der Waals surface area contributed by atoms with E-state index in [0.29, 0.717) is 17.9 Å². The average Bonchev–Trinajstić information content (AvgIpc) is 3.01. The van der Waals surface area contributed by atoms with Crippen LogP contribution in [0.2, 0.25) is 0 Å². The van der Waals surface area contributed by atoms with Gasteiger partial charge in [0.15, 0.2) is 0 Å². The van der Waals surface area contributed by atoms with Crippen LogP contribution in [0.25, 0.3) is 5.57 Å². The van der Waals surface area contributed by atoms with Crippen molar-refractivity contribution in [3.8, 4) is 11.8 Å². The first-order valence-corrected chi connectivity index (χ1v) is 9.48. The third-order valence-electron chi connectivity index (χ3n) is 5.50. The van der Waals surface area contributed by atoms with Gasteiger partial charge in [0.1, 0.15) is 18.4 Å². The molecule has 2 aliphatic heterocycles.